The van der Waals surface area contributed by atoms with Crippen molar-refractivity contribution in [3.63, 3.8) is 0 Å². The molecule has 0 amide bonds. The Bertz CT molecular complexity index is 2070. The van der Waals surface area contributed by atoms with Gasteiger partial charge < -0.3 is 4.42 Å². The summed E-state index contributed by atoms with van der Waals surface area (Å²) in [6.45, 7) is 4.18. The molecule has 0 bridgehead atoms. The monoisotopic (exact) mass is 534 g/mol. The largest absolute Gasteiger partial charge is 0.454 e. The molecule has 0 fully saturated rings. The van der Waals surface area contributed by atoms with E-state index in [0.717, 1.165) is 61.0 Å². The second kappa shape index (κ2) is 9.87. The molecule has 7 rings (SSSR count). The molecule has 0 saturated carbocycles. The molecule has 0 N–H and O–H groups in total. The van der Waals surface area contributed by atoms with Gasteiger partial charge in [0.05, 0.1) is 11.1 Å². The third-order valence-corrected chi connectivity index (χ3v) is 8.07. The van der Waals surface area contributed by atoms with Crippen LogP contribution in [0.2, 0.25) is 0 Å². The molecule has 0 aliphatic heterocycles. The van der Waals surface area contributed by atoms with Gasteiger partial charge in [-0.3, -0.25) is 0 Å². The van der Waals surface area contributed by atoms with Gasteiger partial charge in [-0.2, -0.15) is 0 Å². The number of aryl methyl sites for hydroxylation is 3. The maximum atomic E-state index is 15.7. The number of fused-ring (bicyclic) bond motifs is 3. The van der Waals surface area contributed by atoms with Gasteiger partial charge in [0.1, 0.15) is 24.0 Å². The molecule has 41 heavy (non-hydrogen) atoms. The number of aromatic nitrogens is 1. The predicted octanol–water partition coefficient (Wildman–Crippen LogP) is 9.83. The minimum atomic E-state index is -0.296. The molecular weight excluding hydrogens is 505 g/mol. The van der Waals surface area contributed by atoms with Gasteiger partial charge in [-0.05, 0) is 71.5 Å². The molecule has 0 aliphatic rings. The van der Waals surface area contributed by atoms with Crippen molar-refractivity contribution in [2.45, 2.75) is 13.8 Å². The zero-order valence-corrected chi connectivity index (χ0v) is 23.3. The summed E-state index contributed by atoms with van der Waals surface area (Å²) in [6.07, 6.45) is 2.15. The zero-order valence-electron chi connectivity index (χ0n) is 23.3. The number of rotatable bonds is 4. The van der Waals surface area contributed by atoms with Gasteiger partial charge in [-0.15, -0.1) is 0 Å². The van der Waals surface area contributed by atoms with E-state index >= 15 is 4.39 Å². The molecule has 0 unspecified atom stereocenters. The summed E-state index contributed by atoms with van der Waals surface area (Å²) in [7, 11) is 2.06. The Morgan fingerprint density at radius 3 is 1.88 bits per heavy atom. The van der Waals surface area contributed by atoms with Gasteiger partial charge in [0.25, 0.3) is 0 Å². The van der Waals surface area contributed by atoms with E-state index in [1.54, 1.807) is 6.07 Å². The second-order valence-electron chi connectivity index (χ2n) is 10.7. The van der Waals surface area contributed by atoms with Crippen molar-refractivity contribution in [2.24, 2.45) is 7.05 Å². The molecule has 0 aliphatic carbocycles. The van der Waals surface area contributed by atoms with E-state index in [9.17, 15) is 0 Å². The number of furan rings is 1. The van der Waals surface area contributed by atoms with Crippen LogP contribution in [0.3, 0.4) is 0 Å². The topological polar surface area (TPSA) is 17.0 Å². The lowest BCUT2D eigenvalue weighted by molar-refractivity contribution is -0.659. The average molecular weight is 535 g/mol. The molecule has 3 heteroatoms. The van der Waals surface area contributed by atoms with Gasteiger partial charge in [0.2, 0.25) is 5.69 Å². The highest BCUT2D eigenvalue weighted by molar-refractivity contribution is 6.13. The summed E-state index contributed by atoms with van der Waals surface area (Å²) >= 11 is 0. The Morgan fingerprint density at radius 1 is 0.561 bits per heavy atom. The smallest absolute Gasteiger partial charge is 0.216 e. The SMILES string of the molecule is Cc1ccc(-c2c(F)ccc3c2oc2c(-c4ccc(-c5ccccc5)c[n+]4C)c(C)ccc23)cc1-c1ccccc1. The predicted molar refractivity (Wildman–Crippen MR) is 166 cm³/mol. The fourth-order valence-electron chi connectivity index (χ4n) is 5.94. The molecule has 5 aromatic carbocycles. The molecule has 0 radical (unpaired) electrons. The fourth-order valence-corrected chi connectivity index (χ4v) is 5.94. The first kappa shape index (κ1) is 25.0. The Hall–Kier alpha value is -5.02. The van der Waals surface area contributed by atoms with E-state index in [0.29, 0.717) is 11.1 Å². The van der Waals surface area contributed by atoms with Crippen molar-refractivity contribution >= 4 is 21.9 Å². The van der Waals surface area contributed by atoms with Crippen LogP contribution in [0.4, 0.5) is 4.39 Å². The van der Waals surface area contributed by atoms with Gasteiger partial charge in [0.15, 0.2) is 6.20 Å². The molecule has 0 saturated heterocycles. The van der Waals surface area contributed by atoms with Crippen LogP contribution >= 0.6 is 0 Å². The van der Waals surface area contributed by atoms with Crippen LogP contribution in [0.5, 0.6) is 0 Å². The van der Waals surface area contributed by atoms with Crippen LogP contribution < -0.4 is 4.57 Å². The molecule has 0 atom stereocenters. The van der Waals surface area contributed by atoms with E-state index in [-0.39, 0.29) is 5.82 Å². The minimum absolute atomic E-state index is 0.296. The average Bonchev–Trinajstić information content (AvgIpc) is 3.37. The van der Waals surface area contributed by atoms with Crippen molar-refractivity contribution in [3.8, 4) is 44.6 Å². The first-order valence-electron chi connectivity index (χ1n) is 13.9. The van der Waals surface area contributed by atoms with Gasteiger partial charge in [0, 0.05) is 22.4 Å². The third kappa shape index (κ3) is 4.22. The number of hydrogen-bond acceptors (Lipinski definition) is 1. The van der Waals surface area contributed by atoms with E-state index < -0.39 is 0 Å². The van der Waals surface area contributed by atoms with Crippen LogP contribution in [0.25, 0.3) is 66.6 Å². The van der Waals surface area contributed by atoms with Gasteiger partial charge in [-0.1, -0.05) is 84.9 Å². The highest BCUT2D eigenvalue weighted by Gasteiger charge is 2.24. The molecular formula is C38H29FNO+. The number of nitrogens with zero attached hydrogens (tertiary/aromatic N) is 1. The Kier molecular flexibility index (Phi) is 6.01. The fraction of sp³-hybridized carbons (Fsp3) is 0.0789. The lowest BCUT2D eigenvalue weighted by atomic mass is 9.94. The summed E-state index contributed by atoms with van der Waals surface area (Å²) in [5, 5.41) is 1.88. The summed E-state index contributed by atoms with van der Waals surface area (Å²) in [5.41, 5.74) is 11.4. The van der Waals surface area contributed by atoms with Crippen molar-refractivity contribution in [1.82, 2.24) is 0 Å². The van der Waals surface area contributed by atoms with E-state index in [2.05, 4.69) is 104 Å². The molecule has 7 aromatic rings. The van der Waals surface area contributed by atoms with Gasteiger partial charge in [-0.25, -0.2) is 8.96 Å². The lowest BCUT2D eigenvalue weighted by Crippen LogP contribution is -2.30. The Balaban J connectivity index is 1.44. The molecule has 2 heterocycles. The first-order chi connectivity index (χ1) is 20.0. The van der Waals surface area contributed by atoms with Crippen LogP contribution in [-0.4, -0.2) is 0 Å². The van der Waals surface area contributed by atoms with E-state index in [1.807, 2.05) is 36.4 Å². The maximum Gasteiger partial charge on any atom is 0.216 e. The van der Waals surface area contributed by atoms with Crippen LogP contribution in [-0.2, 0) is 7.05 Å². The summed E-state index contributed by atoms with van der Waals surface area (Å²) < 4.78 is 24.5. The highest BCUT2D eigenvalue weighted by atomic mass is 19.1. The molecule has 2 nitrogen and oxygen atoms in total. The number of hydrogen-bond donors (Lipinski definition) is 0. The number of benzene rings is 5. The summed E-state index contributed by atoms with van der Waals surface area (Å²) in [6, 6.07) is 38.6. The molecule has 0 spiro atoms. The quantitative estimate of drug-likeness (QED) is 0.205. The molecule has 198 valence electrons. The van der Waals surface area contributed by atoms with Crippen LogP contribution in [0.15, 0.2) is 126 Å². The third-order valence-electron chi connectivity index (χ3n) is 8.07. The zero-order chi connectivity index (χ0) is 28.1. The highest BCUT2D eigenvalue weighted by Crippen LogP contribution is 2.42. The normalized spacial score (nSPS) is 11.4. The number of pyridine rings is 1. The van der Waals surface area contributed by atoms with Crippen molar-refractivity contribution in [2.75, 3.05) is 0 Å². The summed E-state index contributed by atoms with van der Waals surface area (Å²) in [4.78, 5) is 0. The lowest BCUT2D eigenvalue weighted by Gasteiger charge is -2.11. The number of halogens is 1. The standard InChI is InChI=1S/C38H29FNO/c1-24-14-16-28(22-32(24)27-12-8-5-9-13-27)36-33(39)20-19-31-30-18-15-25(2)35(37(30)41-38(31)36)34-21-17-29(23-40(34)3)26-10-6-4-7-11-26/h4-23H,1-3H3/q+1. The van der Waals surface area contributed by atoms with Crippen LogP contribution in [0.1, 0.15) is 11.1 Å². The summed E-state index contributed by atoms with van der Waals surface area (Å²) in [5.74, 6) is -0.296. The first-order valence-corrected chi connectivity index (χ1v) is 13.9. The Labute approximate surface area is 239 Å². The van der Waals surface area contributed by atoms with Crippen LogP contribution in [0, 0.1) is 19.7 Å². The van der Waals surface area contributed by atoms with E-state index in [1.165, 1.54) is 5.56 Å². The van der Waals surface area contributed by atoms with Crippen molar-refractivity contribution < 1.29 is 13.4 Å². The minimum Gasteiger partial charge on any atom is -0.454 e. The second-order valence-corrected chi connectivity index (χ2v) is 10.7. The molecule has 2 aromatic heterocycles. The Morgan fingerprint density at radius 2 is 1.17 bits per heavy atom. The maximum absolute atomic E-state index is 15.7. The van der Waals surface area contributed by atoms with Gasteiger partial charge >= 0.3 is 0 Å². The van der Waals surface area contributed by atoms with Crippen molar-refractivity contribution in [1.29, 1.82) is 0 Å². The van der Waals surface area contributed by atoms with E-state index in [4.69, 9.17) is 4.42 Å². The van der Waals surface area contributed by atoms with Crippen molar-refractivity contribution in [3.05, 3.63) is 138 Å².